The lowest BCUT2D eigenvalue weighted by Gasteiger charge is -2.17. The molecule has 0 N–H and O–H groups in total. The maximum atomic E-state index is 12.8. The number of rotatable bonds is 5. The highest BCUT2D eigenvalue weighted by atomic mass is 32.2. The number of nitrogens with zero attached hydrogens (tertiary/aromatic N) is 5. The minimum atomic E-state index is -3.71. The molecule has 0 aliphatic rings. The van der Waals surface area contributed by atoms with Crippen LogP contribution in [0.25, 0.3) is 11.0 Å². The second-order valence-corrected chi connectivity index (χ2v) is 7.23. The summed E-state index contributed by atoms with van der Waals surface area (Å²) in [5.74, 6) is 0. The van der Waals surface area contributed by atoms with Crippen molar-refractivity contribution in [1.82, 2.24) is 24.4 Å². The predicted molar refractivity (Wildman–Crippen MR) is 83.1 cm³/mol. The number of aryl methyl sites for hydroxylation is 1. The lowest BCUT2D eigenvalue weighted by Crippen LogP contribution is -2.27. The average Bonchev–Trinajstić information content (AvgIpc) is 3.14. The van der Waals surface area contributed by atoms with Gasteiger partial charge in [0.1, 0.15) is 10.4 Å². The first-order chi connectivity index (χ1) is 10.9. The summed E-state index contributed by atoms with van der Waals surface area (Å²) in [5.41, 5.74) is 2.47. The first-order valence-corrected chi connectivity index (χ1v) is 8.58. The monoisotopic (exact) mass is 335 g/mol. The van der Waals surface area contributed by atoms with Gasteiger partial charge in [0.05, 0.1) is 6.20 Å². The zero-order valence-corrected chi connectivity index (χ0v) is 13.9. The third-order valence-electron chi connectivity index (χ3n) is 3.83. The van der Waals surface area contributed by atoms with E-state index >= 15 is 0 Å². The number of aromatic nitrogens is 4. The van der Waals surface area contributed by atoms with Crippen LogP contribution < -0.4 is 0 Å². The molecule has 2 aromatic heterocycles. The van der Waals surface area contributed by atoms with Gasteiger partial charge in [0, 0.05) is 31.4 Å². The summed E-state index contributed by atoms with van der Waals surface area (Å²) in [4.78, 5) is 0.0827. The number of hydrogen-bond acceptors (Lipinski definition) is 6. The van der Waals surface area contributed by atoms with Crippen LogP contribution in [0.3, 0.4) is 0 Å². The highest BCUT2D eigenvalue weighted by molar-refractivity contribution is 7.89. The van der Waals surface area contributed by atoms with Crippen molar-refractivity contribution in [3.05, 3.63) is 35.7 Å². The zero-order chi connectivity index (χ0) is 16.6. The van der Waals surface area contributed by atoms with E-state index in [1.807, 2.05) is 18.5 Å². The van der Waals surface area contributed by atoms with E-state index in [-0.39, 0.29) is 17.0 Å². The molecule has 0 bridgehead atoms. The maximum Gasteiger partial charge on any atom is 0.245 e. The minimum Gasteiger partial charge on any atom is -0.270 e. The van der Waals surface area contributed by atoms with E-state index in [0.717, 1.165) is 17.8 Å². The molecule has 122 valence electrons. The molecule has 1 aromatic carbocycles. The molecule has 2 heterocycles. The van der Waals surface area contributed by atoms with Gasteiger partial charge in [-0.2, -0.15) is 9.40 Å². The van der Waals surface area contributed by atoms with E-state index in [9.17, 15) is 8.42 Å². The highest BCUT2D eigenvalue weighted by Gasteiger charge is 2.26. The Morgan fingerprint density at radius 3 is 2.78 bits per heavy atom. The van der Waals surface area contributed by atoms with Gasteiger partial charge in [0.25, 0.3) is 0 Å². The Bertz CT molecular complexity index is 944. The lowest BCUT2D eigenvalue weighted by molar-refractivity contribution is 0.315. The summed E-state index contributed by atoms with van der Waals surface area (Å²) >= 11 is 0. The van der Waals surface area contributed by atoms with Crippen molar-refractivity contribution in [2.45, 2.75) is 31.8 Å². The smallest absolute Gasteiger partial charge is 0.245 e. The first-order valence-electron chi connectivity index (χ1n) is 7.14. The van der Waals surface area contributed by atoms with Crippen LogP contribution in [0.2, 0.25) is 0 Å². The molecule has 0 fully saturated rings. The van der Waals surface area contributed by atoms with Gasteiger partial charge < -0.3 is 0 Å². The molecule has 8 nitrogen and oxygen atoms in total. The lowest BCUT2D eigenvalue weighted by atomic mass is 10.2. The third-order valence-corrected chi connectivity index (χ3v) is 5.67. The van der Waals surface area contributed by atoms with Crippen LogP contribution >= 0.6 is 0 Å². The van der Waals surface area contributed by atoms with Crippen molar-refractivity contribution in [2.24, 2.45) is 0 Å². The molecule has 0 spiro atoms. The topological polar surface area (TPSA) is 94.1 Å². The van der Waals surface area contributed by atoms with Crippen molar-refractivity contribution < 1.29 is 13.0 Å². The second-order valence-electron chi connectivity index (χ2n) is 5.22. The fraction of sp³-hybridized carbons (Fsp3) is 0.357. The van der Waals surface area contributed by atoms with Gasteiger partial charge in [-0.1, -0.05) is 6.07 Å². The van der Waals surface area contributed by atoms with E-state index in [2.05, 4.69) is 20.0 Å². The van der Waals surface area contributed by atoms with E-state index in [1.165, 1.54) is 17.4 Å². The number of sulfonamides is 1. The second kappa shape index (κ2) is 5.74. The van der Waals surface area contributed by atoms with E-state index < -0.39 is 10.0 Å². The SMILES string of the molecule is CCn1ncc(CN(C)S(=O)(=O)c2cccc3nonc23)c1C. The van der Waals surface area contributed by atoms with Crippen LogP contribution in [-0.2, 0) is 23.1 Å². The van der Waals surface area contributed by atoms with E-state index in [1.54, 1.807) is 18.3 Å². The normalized spacial score (nSPS) is 12.3. The summed E-state index contributed by atoms with van der Waals surface area (Å²) in [6.07, 6.45) is 1.70. The third kappa shape index (κ3) is 2.62. The summed E-state index contributed by atoms with van der Waals surface area (Å²) in [5, 5.41) is 11.6. The molecule has 3 aromatic rings. The van der Waals surface area contributed by atoms with Crippen LogP contribution in [0, 0.1) is 6.92 Å². The number of fused-ring (bicyclic) bond motifs is 1. The summed E-state index contributed by atoms with van der Waals surface area (Å²) in [6, 6.07) is 4.77. The maximum absolute atomic E-state index is 12.8. The van der Waals surface area contributed by atoms with Gasteiger partial charge in [-0.05, 0) is 36.3 Å². The van der Waals surface area contributed by atoms with Gasteiger partial charge in [-0.3, -0.25) is 4.68 Å². The molecule has 0 aliphatic heterocycles. The van der Waals surface area contributed by atoms with Crippen molar-refractivity contribution in [3.63, 3.8) is 0 Å². The Hall–Kier alpha value is -2.26. The molecule has 3 rings (SSSR count). The van der Waals surface area contributed by atoms with Crippen molar-refractivity contribution in [3.8, 4) is 0 Å². The molecule has 9 heteroatoms. The number of benzene rings is 1. The van der Waals surface area contributed by atoms with E-state index in [4.69, 9.17) is 0 Å². The zero-order valence-electron chi connectivity index (χ0n) is 13.1. The van der Waals surface area contributed by atoms with Gasteiger partial charge in [-0.25, -0.2) is 13.0 Å². The van der Waals surface area contributed by atoms with Gasteiger partial charge in [-0.15, -0.1) is 0 Å². The summed E-state index contributed by atoms with van der Waals surface area (Å²) < 4.78 is 33.4. The molecular weight excluding hydrogens is 318 g/mol. The molecule has 23 heavy (non-hydrogen) atoms. The summed E-state index contributed by atoms with van der Waals surface area (Å²) in [6.45, 7) is 4.89. The Labute approximate surface area is 133 Å². The fourth-order valence-electron chi connectivity index (χ4n) is 2.44. The van der Waals surface area contributed by atoms with Gasteiger partial charge >= 0.3 is 0 Å². The van der Waals surface area contributed by atoms with Crippen LogP contribution in [0.4, 0.5) is 0 Å². The Morgan fingerprint density at radius 1 is 1.30 bits per heavy atom. The predicted octanol–water partition coefficient (Wildman–Crippen LogP) is 1.57. The van der Waals surface area contributed by atoms with Crippen molar-refractivity contribution in [2.75, 3.05) is 7.05 Å². The average molecular weight is 335 g/mol. The standard InChI is InChI=1S/C14H17N5O3S/c1-4-19-10(2)11(8-15-19)9-18(3)23(20,21)13-7-5-6-12-14(13)17-22-16-12/h5-8H,4,9H2,1-3H3. The Morgan fingerprint density at radius 2 is 2.09 bits per heavy atom. The molecule has 0 amide bonds. The van der Waals surface area contributed by atoms with E-state index in [0.29, 0.717) is 5.52 Å². The van der Waals surface area contributed by atoms with Gasteiger partial charge in [0.15, 0.2) is 5.52 Å². The molecule has 0 saturated heterocycles. The molecule has 0 unspecified atom stereocenters. The molecule has 0 aliphatic carbocycles. The minimum absolute atomic E-state index is 0.0827. The van der Waals surface area contributed by atoms with Crippen molar-refractivity contribution >= 4 is 21.1 Å². The van der Waals surface area contributed by atoms with Gasteiger partial charge in [0.2, 0.25) is 10.0 Å². The summed E-state index contributed by atoms with van der Waals surface area (Å²) in [7, 11) is -2.18. The van der Waals surface area contributed by atoms with Crippen LogP contribution in [0.5, 0.6) is 0 Å². The highest BCUT2D eigenvalue weighted by Crippen LogP contribution is 2.24. The van der Waals surface area contributed by atoms with Crippen LogP contribution in [-0.4, -0.2) is 39.9 Å². The quantitative estimate of drug-likeness (QED) is 0.702. The molecule has 0 radical (unpaired) electrons. The largest absolute Gasteiger partial charge is 0.270 e. The number of hydrogen-bond donors (Lipinski definition) is 0. The molecule has 0 saturated carbocycles. The van der Waals surface area contributed by atoms with Crippen LogP contribution in [0.15, 0.2) is 33.9 Å². The first kappa shape index (κ1) is 15.6. The van der Waals surface area contributed by atoms with Crippen molar-refractivity contribution in [1.29, 1.82) is 0 Å². The Balaban J connectivity index is 1.96. The van der Waals surface area contributed by atoms with Crippen LogP contribution in [0.1, 0.15) is 18.2 Å². The molecule has 0 atom stereocenters. The fourth-order valence-corrected chi connectivity index (χ4v) is 3.72. The Kier molecular flexibility index (Phi) is 3.90. The molecular formula is C14H17N5O3S.